The van der Waals surface area contributed by atoms with Crippen LogP contribution in [0.3, 0.4) is 0 Å². The van der Waals surface area contributed by atoms with Crippen LogP contribution in [-0.4, -0.2) is 47.4 Å². The maximum absolute atomic E-state index is 10.2. The van der Waals surface area contributed by atoms with Crippen molar-refractivity contribution >= 4 is 0 Å². The molecule has 108 valence electrons. The zero-order valence-corrected chi connectivity index (χ0v) is 12.9. The van der Waals surface area contributed by atoms with Crippen molar-refractivity contribution in [1.29, 1.82) is 0 Å². The van der Waals surface area contributed by atoms with Gasteiger partial charge >= 0.3 is 0 Å². The molecule has 1 fully saturated rings. The highest BCUT2D eigenvalue weighted by Gasteiger charge is 2.33. The summed E-state index contributed by atoms with van der Waals surface area (Å²) in [6.07, 6.45) is 0.982. The van der Waals surface area contributed by atoms with E-state index in [-0.39, 0.29) is 17.7 Å². The molecule has 0 aromatic carbocycles. The van der Waals surface area contributed by atoms with Crippen molar-refractivity contribution in [2.45, 2.75) is 65.7 Å². The first-order chi connectivity index (χ1) is 8.21. The van der Waals surface area contributed by atoms with Gasteiger partial charge in [-0.15, -0.1) is 0 Å². The van der Waals surface area contributed by atoms with Gasteiger partial charge in [-0.05, 0) is 46.6 Å². The van der Waals surface area contributed by atoms with E-state index >= 15 is 0 Å². The number of ether oxygens (including phenoxy) is 1. The Bertz CT molecular complexity index is 247. The highest BCUT2D eigenvalue weighted by Crippen LogP contribution is 2.26. The summed E-state index contributed by atoms with van der Waals surface area (Å²) in [6, 6.07) is 0. The zero-order chi connectivity index (χ0) is 13.9. The largest absolute Gasteiger partial charge is 0.390 e. The molecular weight excluding hydrogens is 226 g/mol. The molecule has 0 aromatic heterocycles. The molecule has 0 aliphatic carbocycles. The summed E-state index contributed by atoms with van der Waals surface area (Å²) in [5, 5.41) is 10.2. The van der Waals surface area contributed by atoms with E-state index < -0.39 is 0 Å². The molecule has 0 aromatic rings. The normalized spacial score (nSPS) is 25.7. The van der Waals surface area contributed by atoms with E-state index in [1.54, 1.807) is 0 Å². The first-order valence-corrected chi connectivity index (χ1v) is 7.26. The lowest BCUT2D eigenvalue weighted by molar-refractivity contribution is -0.0390. The molecule has 3 heteroatoms. The molecule has 3 nitrogen and oxygen atoms in total. The van der Waals surface area contributed by atoms with Crippen molar-refractivity contribution in [1.82, 2.24) is 4.90 Å². The number of aliphatic hydroxyl groups excluding tert-OH is 1. The molecule has 0 saturated carbocycles. The highest BCUT2D eigenvalue weighted by molar-refractivity contribution is 4.87. The van der Waals surface area contributed by atoms with E-state index in [0.717, 1.165) is 19.5 Å². The maximum atomic E-state index is 10.2. The number of likely N-dealkylation sites (tertiary alicyclic amines) is 1. The first kappa shape index (κ1) is 15.9. The number of nitrogens with zero attached hydrogens (tertiary/aromatic N) is 1. The third kappa shape index (κ3) is 4.52. The van der Waals surface area contributed by atoms with Crippen LogP contribution in [0.15, 0.2) is 0 Å². The zero-order valence-electron chi connectivity index (χ0n) is 12.9. The van der Waals surface area contributed by atoms with Crippen LogP contribution in [0.25, 0.3) is 0 Å². The van der Waals surface area contributed by atoms with Gasteiger partial charge in [-0.1, -0.05) is 13.8 Å². The van der Waals surface area contributed by atoms with Crippen molar-refractivity contribution in [2.24, 2.45) is 11.8 Å². The van der Waals surface area contributed by atoms with Crippen LogP contribution in [0.4, 0.5) is 0 Å². The summed E-state index contributed by atoms with van der Waals surface area (Å²) in [5.74, 6) is 0.871. The lowest BCUT2D eigenvalue weighted by Crippen LogP contribution is -2.40. The van der Waals surface area contributed by atoms with Crippen molar-refractivity contribution in [3.05, 3.63) is 0 Å². The topological polar surface area (TPSA) is 32.7 Å². The summed E-state index contributed by atoms with van der Waals surface area (Å²) in [7, 11) is 0. The van der Waals surface area contributed by atoms with Gasteiger partial charge in [-0.25, -0.2) is 0 Å². The van der Waals surface area contributed by atoms with Gasteiger partial charge in [0.25, 0.3) is 0 Å². The molecule has 0 amide bonds. The van der Waals surface area contributed by atoms with Crippen LogP contribution in [0.2, 0.25) is 0 Å². The highest BCUT2D eigenvalue weighted by atomic mass is 16.5. The van der Waals surface area contributed by atoms with E-state index in [2.05, 4.69) is 46.4 Å². The van der Waals surface area contributed by atoms with Crippen LogP contribution in [0, 0.1) is 11.8 Å². The second-order valence-corrected chi connectivity index (χ2v) is 7.02. The fourth-order valence-corrected chi connectivity index (χ4v) is 2.29. The van der Waals surface area contributed by atoms with Crippen LogP contribution in [-0.2, 0) is 4.74 Å². The number of rotatable bonds is 5. The number of aliphatic hydroxyl groups is 1. The second-order valence-electron chi connectivity index (χ2n) is 7.02. The van der Waals surface area contributed by atoms with E-state index in [1.165, 1.54) is 0 Å². The van der Waals surface area contributed by atoms with Gasteiger partial charge in [0.2, 0.25) is 0 Å². The van der Waals surface area contributed by atoms with Gasteiger partial charge in [0.05, 0.1) is 18.8 Å². The van der Waals surface area contributed by atoms with Gasteiger partial charge in [0.1, 0.15) is 0 Å². The fourth-order valence-electron chi connectivity index (χ4n) is 2.29. The summed E-state index contributed by atoms with van der Waals surface area (Å²) < 4.78 is 5.73. The molecule has 3 atom stereocenters. The van der Waals surface area contributed by atoms with Crippen molar-refractivity contribution in [3.63, 3.8) is 0 Å². The number of hydrogen-bond donors (Lipinski definition) is 1. The molecule has 0 radical (unpaired) electrons. The fraction of sp³-hybridized carbons (Fsp3) is 1.00. The van der Waals surface area contributed by atoms with E-state index in [0.29, 0.717) is 18.4 Å². The average Bonchev–Trinajstić information content (AvgIpc) is 2.73. The monoisotopic (exact) mass is 257 g/mol. The minimum atomic E-state index is -0.321. The quantitative estimate of drug-likeness (QED) is 0.821. The van der Waals surface area contributed by atoms with Gasteiger partial charge in [-0.3, -0.25) is 4.90 Å². The molecule has 1 rings (SSSR count). The maximum Gasteiger partial charge on any atom is 0.0814 e. The molecule has 1 N–H and O–H groups in total. The minimum absolute atomic E-state index is 0.209. The lowest BCUT2D eigenvalue weighted by atomic mass is 10.0. The summed E-state index contributed by atoms with van der Waals surface area (Å²) in [4.78, 5) is 2.45. The van der Waals surface area contributed by atoms with Crippen molar-refractivity contribution in [3.8, 4) is 0 Å². The molecule has 1 aliphatic rings. The summed E-state index contributed by atoms with van der Waals surface area (Å²) >= 11 is 0. The van der Waals surface area contributed by atoms with Crippen LogP contribution in [0.5, 0.6) is 0 Å². The number of hydrogen-bond acceptors (Lipinski definition) is 3. The Kier molecular flexibility index (Phi) is 5.63. The Morgan fingerprint density at radius 1 is 1.28 bits per heavy atom. The average molecular weight is 257 g/mol. The Balaban J connectivity index is 2.34. The molecule has 0 bridgehead atoms. The molecule has 1 saturated heterocycles. The predicted molar refractivity (Wildman–Crippen MR) is 75.7 cm³/mol. The Morgan fingerprint density at radius 3 is 2.33 bits per heavy atom. The Morgan fingerprint density at radius 2 is 1.89 bits per heavy atom. The lowest BCUT2D eigenvalue weighted by Gasteiger charge is -2.32. The van der Waals surface area contributed by atoms with E-state index in [1.807, 2.05) is 0 Å². The van der Waals surface area contributed by atoms with Crippen molar-refractivity contribution in [2.75, 3.05) is 19.7 Å². The summed E-state index contributed by atoms with van der Waals surface area (Å²) in [5.41, 5.74) is 0.209. The Labute approximate surface area is 113 Å². The third-order valence-electron chi connectivity index (χ3n) is 4.19. The predicted octanol–water partition coefficient (Wildman–Crippen LogP) is 2.53. The minimum Gasteiger partial charge on any atom is -0.390 e. The molecule has 3 unspecified atom stereocenters. The second kappa shape index (κ2) is 6.36. The molecular formula is C15H31NO2. The van der Waals surface area contributed by atoms with Crippen molar-refractivity contribution < 1.29 is 9.84 Å². The molecule has 0 spiro atoms. The SMILES string of the molecule is CC(C)C(C)OCC(O)C1CCN(C(C)(C)C)C1. The first-order valence-electron chi connectivity index (χ1n) is 7.26. The summed E-state index contributed by atoms with van der Waals surface area (Å²) in [6.45, 7) is 15.6. The van der Waals surface area contributed by atoms with E-state index in [9.17, 15) is 5.11 Å². The van der Waals surface area contributed by atoms with E-state index in [4.69, 9.17) is 4.74 Å². The van der Waals surface area contributed by atoms with Gasteiger partial charge in [0, 0.05) is 18.0 Å². The molecule has 1 heterocycles. The van der Waals surface area contributed by atoms with Crippen LogP contribution >= 0.6 is 0 Å². The Hall–Kier alpha value is -0.120. The van der Waals surface area contributed by atoms with Gasteiger partial charge in [-0.2, -0.15) is 0 Å². The van der Waals surface area contributed by atoms with Gasteiger partial charge in [0.15, 0.2) is 0 Å². The third-order valence-corrected chi connectivity index (χ3v) is 4.19. The van der Waals surface area contributed by atoms with Crippen LogP contribution in [0.1, 0.15) is 48.0 Å². The molecule has 1 aliphatic heterocycles. The van der Waals surface area contributed by atoms with Gasteiger partial charge < -0.3 is 9.84 Å². The van der Waals surface area contributed by atoms with Crippen LogP contribution < -0.4 is 0 Å². The smallest absolute Gasteiger partial charge is 0.0814 e. The standard InChI is InChI=1S/C15H31NO2/c1-11(2)12(3)18-10-14(17)13-7-8-16(9-13)15(4,5)6/h11-14,17H,7-10H2,1-6H3. The molecule has 18 heavy (non-hydrogen) atoms.